The first kappa shape index (κ1) is 78.9. The summed E-state index contributed by atoms with van der Waals surface area (Å²) >= 11 is 0. The third-order valence-electron chi connectivity index (χ3n) is 17.4. The van der Waals surface area contributed by atoms with Crippen LogP contribution in [0, 0.1) is 0 Å². The standard InChI is InChI=1S/C68H120N16O10/c1-5-9-13-17-21-33-81-61(57-69-73-81)29-49-91-65(85)25-37-77(38-26-66(86)92-50-30-62-58-70-74-82(62)34-22-18-14-10-6-2)45-53-89-55-47-79-41-43-80(44-42-79)48-56-90-54-46-78(39-27-67(87)93-51-31-63-59-71-75-83(63)35-23-19-15-11-7-3)40-28-68(88)94-52-32-64-60-72-76-84(64)36-24-20-16-12-8-4/h57-60H,5-56H2,1-4H3. The molecule has 0 aromatic carbocycles. The molecular formula is C68H120N16O10. The highest BCUT2D eigenvalue weighted by Crippen LogP contribution is 2.13. The van der Waals surface area contributed by atoms with Crippen molar-refractivity contribution in [3.05, 3.63) is 47.6 Å². The van der Waals surface area contributed by atoms with Gasteiger partial charge in [0.25, 0.3) is 0 Å². The van der Waals surface area contributed by atoms with Crippen LogP contribution in [-0.4, -0.2) is 235 Å². The van der Waals surface area contributed by atoms with Crippen molar-refractivity contribution < 1.29 is 47.6 Å². The van der Waals surface area contributed by atoms with E-state index in [-0.39, 0.29) is 76.0 Å². The van der Waals surface area contributed by atoms with Crippen LogP contribution in [-0.2, 0) is 99.5 Å². The summed E-state index contributed by atoms with van der Waals surface area (Å²) in [6, 6.07) is 0. The van der Waals surface area contributed by atoms with Gasteiger partial charge in [0.05, 0.1) is 126 Å². The molecule has 0 spiro atoms. The SMILES string of the molecule is CCCCCCCn1nncc1CCOC(=O)CCN(CCOCCN1CCN(CCOCCN(CCC(=O)OCCc2cnnn2CCCCCCC)CCC(=O)OCCc2cnnn2CCCCCCC)CC1)CCC(=O)OCCc1cnnn1CCCCCCC. The van der Waals surface area contributed by atoms with Crippen molar-refractivity contribution in [2.45, 2.75) is 234 Å². The Balaban J connectivity index is 0.994. The molecule has 4 aromatic heterocycles. The van der Waals surface area contributed by atoms with Gasteiger partial charge >= 0.3 is 23.9 Å². The van der Waals surface area contributed by atoms with Gasteiger partial charge in [-0.2, -0.15) is 0 Å². The molecule has 1 aliphatic rings. The quantitative estimate of drug-likeness (QED) is 0.0229. The van der Waals surface area contributed by atoms with Gasteiger partial charge in [0, 0.05) is 130 Å². The number of esters is 4. The summed E-state index contributed by atoms with van der Waals surface area (Å²) in [5.74, 6) is -1.17. The summed E-state index contributed by atoms with van der Waals surface area (Å²) in [5.41, 5.74) is 3.82. The molecule has 0 amide bonds. The zero-order valence-corrected chi connectivity index (χ0v) is 58.3. The molecule has 0 atom stereocenters. The number of unbranched alkanes of at least 4 members (excludes halogenated alkanes) is 16. The second kappa shape index (κ2) is 51.5. The fourth-order valence-corrected chi connectivity index (χ4v) is 11.4. The number of hydrogen-bond acceptors (Lipinski definition) is 22. The number of carbonyl (C=O) groups excluding carboxylic acids is 4. The largest absolute Gasteiger partial charge is 0.465 e. The van der Waals surface area contributed by atoms with Crippen molar-refractivity contribution in [3.8, 4) is 0 Å². The van der Waals surface area contributed by atoms with E-state index in [4.69, 9.17) is 28.4 Å². The van der Waals surface area contributed by atoms with Crippen LogP contribution in [0.4, 0.5) is 0 Å². The summed E-state index contributed by atoms with van der Waals surface area (Å²) < 4.78 is 42.7. The normalized spacial score (nSPS) is 13.0. The van der Waals surface area contributed by atoms with E-state index in [2.05, 4.69) is 88.5 Å². The van der Waals surface area contributed by atoms with Gasteiger partial charge in [-0.3, -0.25) is 38.8 Å². The van der Waals surface area contributed by atoms with Gasteiger partial charge in [0.1, 0.15) is 0 Å². The van der Waals surface area contributed by atoms with Crippen molar-refractivity contribution in [1.29, 1.82) is 0 Å². The Morgan fingerprint density at radius 3 is 0.840 bits per heavy atom. The molecule has 94 heavy (non-hydrogen) atoms. The predicted molar refractivity (Wildman–Crippen MR) is 360 cm³/mol. The van der Waals surface area contributed by atoms with E-state index >= 15 is 0 Å². The van der Waals surface area contributed by atoms with E-state index in [1.54, 1.807) is 24.8 Å². The first-order valence-electron chi connectivity index (χ1n) is 36.3. The summed E-state index contributed by atoms with van der Waals surface area (Å²) in [4.78, 5) is 61.1. The molecule has 1 aliphatic heterocycles. The minimum absolute atomic E-state index is 0.185. The Labute approximate surface area is 561 Å². The third kappa shape index (κ3) is 35.8. The summed E-state index contributed by atoms with van der Waals surface area (Å²) in [6.07, 6.45) is 33.3. The Hall–Kier alpha value is -5.80. The van der Waals surface area contributed by atoms with E-state index in [9.17, 15) is 19.2 Å². The molecule has 5 heterocycles. The molecule has 4 aromatic rings. The fourth-order valence-electron chi connectivity index (χ4n) is 11.4. The van der Waals surface area contributed by atoms with Crippen molar-refractivity contribution in [1.82, 2.24) is 79.6 Å². The minimum Gasteiger partial charge on any atom is -0.465 e. The number of ether oxygens (including phenoxy) is 6. The average molecular weight is 1320 g/mol. The fraction of sp³-hybridized carbons (Fsp3) is 0.824. The van der Waals surface area contributed by atoms with Gasteiger partial charge in [-0.05, 0) is 25.7 Å². The Morgan fingerprint density at radius 1 is 0.330 bits per heavy atom. The first-order chi connectivity index (χ1) is 46.2. The lowest BCUT2D eigenvalue weighted by Gasteiger charge is -2.34. The molecule has 0 saturated carbocycles. The van der Waals surface area contributed by atoms with Gasteiger partial charge < -0.3 is 28.4 Å². The van der Waals surface area contributed by atoms with Crippen molar-refractivity contribution in [2.24, 2.45) is 0 Å². The molecule has 532 valence electrons. The van der Waals surface area contributed by atoms with Crippen LogP contribution in [0.25, 0.3) is 0 Å². The van der Waals surface area contributed by atoms with Crippen molar-refractivity contribution >= 4 is 23.9 Å². The number of rotatable bonds is 60. The molecule has 5 rings (SSSR count). The maximum Gasteiger partial charge on any atom is 0.307 e. The van der Waals surface area contributed by atoms with Gasteiger partial charge in [-0.1, -0.05) is 151 Å². The summed E-state index contributed by atoms with van der Waals surface area (Å²) in [6.45, 7) is 23.1. The highest BCUT2D eigenvalue weighted by molar-refractivity contribution is 5.71. The number of aromatic nitrogens is 12. The molecule has 1 saturated heterocycles. The topological polar surface area (TPSA) is 259 Å². The Bertz CT molecular complexity index is 2230. The monoisotopic (exact) mass is 1320 g/mol. The number of piperazine rings is 1. The molecule has 0 N–H and O–H groups in total. The van der Waals surface area contributed by atoms with Crippen molar-refractivity contribution in [3.63, 3.8) is 0 Å². The Morgan fingerprint density at radius 2 is 0.585 bits per heavy atom. The number of nitrogens with zero attached hydrogens (tertiary/aromatic N) is 16. The lowest BCUT2D eigenvalue weighted by atomic mass is 10.1. The molecule has 0 aliphatic carbocycles. The Kier molecular flexibility index (Phi) is 43.2. The van der Waals surface area contributed by atoms with Gasteiger partial charge in [0.15, 0.2) is 0 Å². The lowest BCUT2D eigenvalue weighted by Crippen LogP contribution is -2.48. The van der Waals surface area contributed by atoms with Crippen LogP contribution < -0.4 is 0 Å². The molecule has 0 bridgehead atoms. The van der Waals surface area contributed by atoms with E-state index in [1.165, 1.54) is 77.0 Å². The van der Waals surface area contributed by atoms with E-state index in [1.807, 2.05) is 18.7 Å². The summed E-state index contributed by atoms with van der Waals surface area (Å²) in [5, 5.41) is 33.4. The van der Waals surface area contributed by atoms with Crippen LogP contribution in [0.1, 0.15) is 205 Å². The molecule has 0 unspecified atom stereocenters. The van der Waals surface area contributed by atoms with Crippen molar-refractivity contribution in [2.75, 3.05) is 131 Å². The number of hydrogen-bond donors (Lipinski definition) is 0. The second-order valence-corrected chi connectivity index (χ2v) is 24.9. The van der Waals surface area contributed by atoms with Crippen LogP contribution in [0.2, 0.25) is 0 Å². The van der Waals surface area contributed by atoms with Gasteiger partial charge in [-0.15, -0.1) is 20.4 Å². The van der Waals surface area contributed by atoms with Gasteiger partial charge in [-0.25, -0.2) is 18.7 Å². The third-order valence-corrected chi connectivity index (χ3v) is 17.4. The van der Waals surface area contributed by atoms with Crippen LogP contribution in [0.5, 0.6) is 0 Å². The van der Waals surface area contributed by atoms with E-state index < -0.39 is 0 Å². The predicted octanol–water partition coefficient (Wildman–Crippen LogP) is 8.19. The van der Waals surface area contributed by atoms with E-state index in [0.717, 1.165) is 140 Å². The maximum absolute atomic E-state index is 13.0. The molecule has 0 radical (unpaired) electrons. The number of aryl methyl sites for hydroxylation is 4. The highest BCUT2D eigenvalue weighted by atomic mass is 16.5. The molecule has 1 fully saturated rings. The van der Waals surface area contributed by atoms with Crippen LogP contribution in [0.15, 0.2) is 24.8 Å². The summed E-state index contributed by atoms with van der Waals surface area (Å²) in [7, 11) is 0. The first-order valence-corrected chi connectivity index (χ1v) is 36.3. The van der Waals surface area contributed by atoms with Crippen LogP contribution >= 0.6 is 0 Å². The van der Waals surface area contributed by atoms with Gasteiger partial charge in [0.2, 0.25) is 0 Å². The minimum atomic E-state index is -0.292. The zero-order chi connectivity index (χ0) is 66.7. The maximum atomic E-state index is 13.0. The molecular weight excluding hydrogens is 1200 g/mol. The average Bonchev–Trinajstić information content (AvgIpc) is 2.17. The van der Waals surface area contributed by atoms with E-state index in [0.29, 0.717) is 91.4 Å². The molecule has 26 heteroatoms. The highest BCUT2D eigenvalue weighted by Gasteiger charge is 2.20. The second-order valence-electron chi connectivity index (χ2n) is 24.9. The van der Waals surface area contributed by atoms with Crippen LogP contribution in [0.3, 0.4) is 0 Å². The molecule has 26 nitrogen and oxygen atoms in total. The lowest BCUT2D eigenvalue weighted by molar-refractivity contribution is -0.146. The smallest absolute Gasteiger partial charge is 0.307 e. The number of carbonyl (C=O) groups is 4. The zero-order valence-electron chi connectivity index (χ0n) is 58.3.